The van der Waals surface area contributed by atoms with Crippen LogP contribution in [-0.4, -0.2) is 52.3 Å². The van der Waals surface area contributed by atoms with Gasteiger partial charge >= 0.3 is 6.09 Å². The molecule has 25 heavy (non-hydrogen) atoms. The predicted octanol–water partition coefficient (Wildman–Crippen LogP) is 2.53. The molecule has 0 aliphatic carbocycles. The van der Waals surface area contributed by atoms with Gasteiger partial charge in [0.25, 0.3) is 5.69 Å². The van der Waals surface area contributed by atoms with Crippen LogP contribution in [0.15, 0.2) is 18.2 Å². The Kier molecular flexibility index (Phi) is 5.52. The summed E-state index contributed by atoms with van der Waals surface area (Å²) in [4.78, 5) is 26.4. The van der Waals surface area contributed by atoms with Gasteiger partial charge in [-0.1, -0.05) is 0 Å². The van der Waals surface area contributed by atoms with Gasteiger partial charge in [-0.2, -0.15) is 0 Å². The number of aliphatic hydroxyl groups is 1. The van der Waals surface area contributed by atoms with Crippen LogP contribution in [0.2, 0.25) is 0 Å². The van der Waals surface area contributed by atoms with Crippen molar-refractivity contribution in [3.05, 3.63) is 33.9 Å². The molecule has 0 spiro atoms. The van der Waals surface area contributed by atoms with E-state index in [0.717, 1.165) is 5.69 Å². The van der Waals surface area contributed by atoms with Gasteiger partial charge in [0.05, 0.1) is 11.5 Å². The van der Waals surface area contributed by atoms with Crippen molar-refractivity contribution in [1.29, 1.82) is 0 Å². The van der Waals surface area contributed by atoms with Crippen molar-refractivity contribution in [3.8, 4) is 0 Å². The molecule has 0 aromatic heterocycles. The second kappa shape index (κ2) is 7.26. The third-order valence-corrected chi connectivity index (χ3v) is 4.04. The fraction of sp³-hybridized carbons (Fsp3) is 0.588. The number of piperazine rings is 1. The van der Waals surface area contributed by atoms with Crippen molar-refractivity contribution in [3.63, 3.8) is 0 Å². The zero-order chi connectivity index (χ0) is 18.8. The summed E-state index contributed by atoms with van der Waals surface area (Å²) in [5.74, 6) is 0. The Labute approximate surface area is 147 Å². The Balaban J connectivity index is 2.13. The van der Waals surface area contributed by atoms with E-state index in [2.05, 4.69) is 0 Å². The van der Waals surface area contributed by atoms with Crippen molar-refractivity contribution < 1.29 is 19.6 Å². The Morgan fingerprint density at radius 1 is 1.40 bits per heavy atom. The minimum atomic E-state index is -0.545. The third-order valence-electron chi connectivity index (χ3n) is 4.04. The standard InChI is InChI=1S/C17H25N3O5/c1-12-10-18(7-8-19(12)16(22)25-17(2,3)4)15-6-5-14(20(23)24)9-13(15)11-21/h5-6,9,12,21H,7-8,10-11H2,1-4H3. The molecule has 1 amide bonds. The van der Waals surface area contributed by atoms with E-state index >= 15 is 0 Å². The molecule has 1 saturated heterocycles. The molecule has 1 aliphatic rings. The zero-order valence-corrected chi connectivity index (χ0v) is 15.1. The molecule has 2 rings (SSSR count). The molecule has 1 unspecified atom stereocenters. The first-order valence-corrected chi connectivity index (χ1v) is 8.25. The van der Waals surface area contributed by atoms with Gasteiger partial charge in [-0.25, -0.2) is 4.79 Å². The molecule has 1 atom stereocenters. The summed E-state index contributed by atoms with van der Waals surface area (Å²) >= 11 is 0. The van der Waals surface area contributed by atoms with Crippen LogP contribution in [0, 0.1) is 10.1 Å². The van der Waals surface area contributed by atoms with Crippen LogP contribution in [-0.2, 0) is 11.3 Å². The second-order valence-electron chi connectivity index (χ2n) is 7.20. The normalized spacial score (nSPS) is 18.2. The number of nitro benzene ring substituents is 1. The number of benzene rings is 1. The molecule has 0 bridgehead atoms. The maximum absolute atomic E-state index is 12.3. The van der Waals surface area contributed by atoms with E-state index < -0.39 is 10.5 Å². The molecule has 1 aromatic rings. The first-order valence-electron chi connectivity index (χ1n) is 8.25. The van der Waals surface area contributed by atoms with Crippen LogP contribution in [0.5, 0.6) is 0 Å². The number of hydrogen-bond acceptors (Lipinski definition) is 6. The molecule has 1 N–H and O–H groups in total. The van der Waals surface area contributed by atoms with Gasteiger partial charge < -0.3 is 19.6 Å². The third kappa shape index (κ3) is 4.60. The number of nitro groups is 1. The highest BCUT2D eigenvalue weighted by Gasteiger charge is 2.31. The van der Waals surface area contributed by atoms with E-state index in [0.29, 0.717) is 25.2 Å². The van der Waals surface area contributed by atoms with E-state index in [9.17, 15) is 20.0 Å². The lowest BCUT2D eigenvalue weighted by Gasteiger charge is -2.41. The molecule has 8 nitrogen and oxygen atoms in total. The maximum Gasteiger partial charge on any atom is 0.410 e. The maximum atomic E-state index is 12.3. The molecule has 138 valence electrons. The molecular formula is C17H25N3O5. The second-order valence-corrected chi connectivity index (χ2v) is 7.20. The summed E-state index contributed by atoms with van der Waals surface area (Å²) in [6, 6.07) is 4.39. The van der Waals surface area contributed by atoms with E-state index in [-0.39, 0.29) is 24.4 Å². The highest BCUT2D eigenvalue weighted by atomic mass is 16.6. The van der Waals surface area contributed by atoms with E-state index in [1.165, 1.54) is 12.1 Å². The van der Waals surface area contributed by atoms with Crippen LogP contribution < -0.4 is 4.90 Å². The molecule has 1 aromatic carbocycles. The number of nitrogens with zero attached hydrogens (tertiary/aromatic N) is 3. The Hall–Kier alpha value is -2.35. The van der Waals surface area contributed by atoms with Crippen LogP contribution in [0.4, 0.5) is 16.2 Å². The summed E-state index contributed by atoms with van der Waals surface area (Å²) in [5.41, 5.74) is 0.667. The number of amides is 1. The van der Waals surface area contributed by atoms with Crippen LogP contribution in [0.3, 0.4) is 0 Å². The number of carbonyl (C=O) groups excluding carboxylic acids is 1. The van der Waals surface area contributed by atoms with Crippen LogP contribution >= 0.6 is 0 Å². The van der Waals surface area contributed by atoms with E-state index in [1.54, 1.807) is 11.0 Å². The molecule has 1 heterocycles. The smallest absolute Gasteiger partial charge is 0.410 e. The lowest BCUT2D eigenvalue weighted by Crippen LogP contribution is -2.55. The van der Waals surface area contributed by atoms with Gasteiger partial charge in [0.1, 0.15) is 5.60 Å². The topological polar surface area (TPSA) is 96.1 Å². The number of non-ortho nitro benzene ring substituents is 1. The number of ether oxygens (including phenoxy) is 1. The minimum absolute atomic E-state index is 0.0479. The minimum Gasteiger partial charge on any atom is -0.444 e. The SMILES string of the molecule is CC1CN(c2ccc([N+](=O)[O-])cc2CO)CCN1C(=O)OC(C)(C)C. The first kappa shape index (κ1) is 19.0. The summed E-state index contributed by atoms with van der Waals surface area (Å²) in [6.07, 6.45) is -0.342. The van der Waals surface area contributed by atoms with Gasteiger partial charge in [-0.15, -0.1) is 0 Å². The Morgan fingerprint density at radius 2 is 2.08 bits per heavy atom. The van der Waals surface area contributed by atoms with Crippen molar-refractivity contribution in [1.82, 2.24) is 4.90 Å². The first-order chi connectivity index (χ1) is 11.6. The molecule has 8 heteroatoms. The van der Waals surface area contributed by atoms with E-state index in [4.69, 9.17) is 4.74 Å². The fourth-order valence-electron chi connectivity index (χ4n) is 2.89. The van der Waals surface area contributed by atoms with Crippen LogP contribution in [0.25, 0.3) is 0 Å². The summed E-state index contributed by atoms with van der Waals surface area (Å²) in [7, 11) is 0. The molecular weight excluding hydrogens is 326 g/mol. The number of anilines is 1. The largest absolute Gasteiger partial charge is 0.444 e. The van der Waals surface area contributed by atoms with Gasteiger partial charge in [0.2, 0.25) is 0 Å². The van der Waals surface area contributed by atoms with Crippen molar-refractivity contribution >= 4 is 17.5 Å². The highest BCUT2D eigenvalue weighted by Crippen LogP contribution is 2.28. The lowest BCUT2D eigenvalue weighted by atomic mass is 10.1. The summed E-state index contributed by atoms with van der Waals surface area (Å²) < 4.78 is 5.43. The van der Waals surface area contributed by atoms with E-state index in [1.807, 2.05) is 32.6 Å². The van der Waals surface area contributed by atoms with Gasteiger partial charge in [-0.05, 0) is 33.8 Å². The molecule has 1 fully saturated rings. The quantitative estimate of drug-likeness (QED) is 0.664. The average Bonchev–Trinajstić information content (AvgIpc) is 2.52. The van der Waals surface area contributed by atoms with Crippen molar-refractivity contribution in [2.45, 2.75) is 45.9 Å². The van der Waals surface area contributed by atoms with Crippen LogP contribution in [0.1, 0.15) is 33.3 Å². The van der Waals surface area contributed by atoms with Gasteiger partial charge in [-0.3, -0.25) is 10.1 Å². The molecule has 0 radical (unpaired) electrons. The number of carbonyl (C=O) groups is 1. The Bertz CT molecular complexity index is 656. The number of hydrogen-bond donors (Lipinski definition) is 1. The zero-order valence-electron chi connectivity index (χ0n) is 15.1. The molecule has 0 saturated carbocycles. The summed E-state index contributed by atoms with van der Waals surface area (Å²) in [5, 5.41) is 20.4. The molecule has 1 aliphatic heterocycles. The number of rotatable bonds is 3. The lowest BCUT2D eigenvalue weighted by molar-refractivity contribution is -0.384. The van der Waals surface area contributed by atoms with Gasteiger partial charge in [0, 0.05) is 49.1 Å². The fourth-order valence-corrected chi connectivity index (χ4v) is 2.89. The van der Waals surface area contributed by atoms with Gasteiger partial charge in [0.15, 0.2) is 0 Å². The monoisotopic (exact) mass is 351 g/mol. The highest BCUT2D eigenvalue weighted by molar-refractivity contribution is 5.69. The predicted molar refractivity (Wildman–Crippen MR) is 93.6 cm³/mol. The Morgan fingerprint density at radius 3 is 2.60 bits per heavy atom. The summed E-state index contributed by atoms with van der Waals surface area (Å²) in [6.45, 7) is 8.75. The number of aliphatic hydroxyl groups excluding tert-OH is 1. The van der Waals surface area contributed by atoms with Crippen molar-refractivity contribution in [2.24, 2.45) is 0 Å². The van der Waals surface area contributed by atoms with Crippen molar-refractivity contribution in [2.75, 3.05) is 24.5 Å². The average molecular weight is 351 g/mol.